The highest BCUT2D eigenvalue weighted by Crippen LogP contribution is 2.28. The molecule has 0 aliphatic heterocycles. The molecule has 0 unspecified atom stereocenters. The topological polar surface area (TPSA) is 90.1 Å². The summed E-state index contributed by atoms with van der Waals surface area (Å²) in [5.74, 6) is -0.129. The number of hydrogen-bond acceptors (Lipinski definition) is 6. The average Bonchev–Trinajstić information content (AvgIpc) is 3.12. The monoisotopic (exact) mass is 696 g/mol. The van der Waals surface area contributed by atoms with E-state index in [0.717, 1.165) is 22.6 Å². The summed E-state index contributed by atoms with van der Waals surface area (Å²) in [5.41, 5.74) is 3.87. The van der Waals surface area contributed by atoms with Crippen molar-refractivity contribution in [2.24, 2.45) is 5.10 Å². The quantitative estimate of drug-likeness (QED) is 0.161. The fourth-order valence-electron chi connectivity index (χ4n) is 2.46. The summed E-state index contributed by atoms with van der Waals surface area (Å²) >= 11 is 7.68. The molecule has 1 amide bonds. The van der Waals surface area contributed by atoms with Crippen molar-refractivity contribution in [1.29, 1.82) is 0 Å². The van der Waals surface area contributed by atoms with Gasteiger partial charge in [0.1, 0.15) is 11.3 Å². The van der Waals surface area contributed by atoms with Crippen LogP contribution in [0.1, 0.15) is 23.0 Å². The molecule has 0 spiro atoms. The first-order valence-corrected chi connectivity index (χ1v) is 11.6. The van der Waals surface area contributed by atoms with Gasteiger partial charge in [0.05, 0.1) is 20.0 Å². The Morgan fingerprint density at radius 3 is 2.73 bits per heavy atom. The molecule has 1 heterocycles. The molecule has 1 N–H and O–H groups in total. The zero-order valence-corrected chi connectivity index (χ0v) is 21.5. The van der Waals surface area contributed by atoms with Gasteiger partial charge in [0.2, 0.25) is 0 Å². The van der Waals surface area contributed by atoms with E-state index < -0.39 is 11.9 Å². The van der Waals surface area contributed by atoms with Gasteiger partial charge < -0.3 is 13.9 Å². The molecular weight excluding hydrogens is 682 g/mol. The van der Waals surface area contributed by atoms with Crippen molar-refractivity contribution in [3.8, 4) is 5.75 Å². The molecule has 10 heteroatoms. The number of furan rings is 1. The maximum Gasteiger partial charge on any atom is 0.344 e. The van der Waals surface area contributed by atoms with Crippen LogP contribution in [0.3, 0.4) is 0 Å². The first-order valence-electron chi connectivity index (χ1n) is 8.67. The van der Waals surface area contributed by atoms with Crippen LogP contribution in [0.25, 0.3) is 11.0 Å². The fourth-order valence-corrected chi connectivity index (χ4v) is 4.82. The van der Waals surface area contributed by atoms with Crippen LogP contribution in [0.5, 0.6) is 5.75 Å². The van der Waals surface area contributed by atoms with Crippen LogP contribution in [-0.2, 0) is 9.53 Å². The van der Waals surface area contributed by atoms with E-state index in [9.17, 15) is 9.59 Å². The number of fused-ring (bicyclic) bond motifs is 1. The van der Waals surface area contributed by atoms with Crippen molar-refractivity contribution in [2.45, 2.75) is 6.92 Å². The molecule has 0 fully saturated rings. The Labute approximate surface area is 208 Å². The van der Waals surface area contributed by atoms with Crippen LogP contribution in [0.4, 0.5) is 0 Å². The Morgan fingerprint density at radius 1 is 1.20 bits per heavy atom. The predicted octanol–water partition coefficient (Wildman–Crippen LogP) is 5.11. The molecule has 0 aliphatic rings. The SMILES string of the molecule is CCOC(=O)COc1ccc(/C=N\NC(=O)c2cc3cc(Br)cc(I)c3o2)cc1I. The van der Waals surface area contributed by atoms with Gasteiger partial charge in [-0.05, 0) is 94.1 Å². The summed E-state index contributed by atoms with van der Waals surface area (Å²) in [6.07, 6.45) is 1.51. The summed E-state index contributed by atoms with van der Waals surface area (Å²) in [5, 5.41) is 4.81. The second kappa shape index (κ2) is 10.6. The number of hydrogen-bond donors (Lipinski definition) is 1. The summed E-state index contributed by atoms with van der Waals surface area (Å²) in [6.45, 7) is 1.90. The summed E-state index contributed by atoms with van der Waals surface area (Å²) in [4.78, 5) is 23.7. The molecule has 0 radical (unpaired) electrons. The lowest BCUT2D eigenvalue weighted by Crippen LogP contribution is -2.16. The smallest absolute Gasteiger partial charge is 0.344 e. The number of amides is 1. The molecule has 3 rings (SSSR count). The Morgan fingerprint density at radius 2 is 2.00 bits per heavy atom. The maximum atomic E-state index is 12.3. The Balaban J connectivity index is 1.62. The molecular formula is C20H15BrI2N2O5. The van der Waals surface area contributed by atoms with Crippen molar-refractivity contribution in [3.05, 3.63) is 59.3 Å². The number of rotatable bonds is 7. The number of nitrogens with one attached hydrogen (secondary N) is 1. The first-order chi connectivity index (χ1) is 14.4. The van der Waals surface area contributed by atoms with Gasteiger partial charge >= 0.3 is 11.9 Å². The van der Waals surface area contributed by atoms with E-state index in [1.807, 2.05) is 18.2 Å². The van der Waals surface area contributed by atoms with E-state index in [1.54, 1.807) is 25.1 Å². The number of carbonyl (C=O) groups is 2. The summed E-state index contributed by atoms with van der Waals surface area (Å²) < 4.78 is 18.5. The van der Waals surface area contributed by atoms with Crippen molar-refractivity contribution in [1.82, 2.24) is 5.43 Å². The number of benzene rings is 2. The molecule has 2 aromatic carbocycles. The Kier molecular flexibility index (Phi) is 8.11. The predicted molar refractivity (Wildman–Crippen MR) is 133 cm³/mol. The molecule has 3 aromatic rings. The van der Waals surface area contributed by atoms with Crippen molar-refractivity contribution in [2.75, 3.05) is 13.2 Å². The highest BCUT2D eigenvalue weighted by molar-refractivity contribution is 14.1. The minimum absolute atomic E-state index is 0.152. The van der Waals surface area contributed by atoms with Crippen molar-refractivity contribution in [3.63, 3.8) is 0 Å². The van der Waals surface area contributed by atoms with E-state index in [4.69, 9.17) is 13.9 Å². The second-order valence-corrected chi connectivity index (χ2v) is 9.14. The molecule has 7 nitrogen and oxygen atoms in total. The second-order valence-electron chi connectivity index (χ2n) is 5.90. The molecule has 0 saturated heterocycles. The van der Waals surface area contributed by atoms with Crippen LogP contribution in [0.2, 0.25) is 0 Å². The van der Waals surface area contributed by atoms with E-state index in [2.05, 4.69) is 71.6 Å². The fraction of sp³-hybridized carbons (Fsp3) is 0.150. The van der Waals surface area contributed by atoms with Gasteiger partial charge in [-0.1, -0.05) is 15.9 Å². The van der Waals surface area contributed by atoms with Gasteiger partial charge in [-0.2, -0.15) is 5.10 Å². The third-order valence-corrected chi connectivity index (χ3v) is 5.85. The third kappa shape index (κ3) is 5.94. The zero-order chi connectivity index (χ0) is 21.7. The van der Waals surface area contributed by atoms with Crippen LogP contribution in [0.15, 0.2) is 50.4 Å². The highest BCUT2D eigenvalue weighted by Gasteiger charge is 2.14. The normalized spacial score (nSPS) is 11.1. The lowest BCUT2D eigenvalue weighted by Gasteiger charge is -2.08. The number of hydrazone groups is 1. The molecule has 0 saturated carbocycles. The van der Waals surface area contributed by atoms with Crippen molar-refractivity contribution < 1.29 is 23.5 Å². The van der Waals surface area contributed by atoms with E-state index in [1.165, 1.54) is 6.21 Å². The van der Waals surface area contributed by atoms with E-state index >= 15 is 0 Å². The van der Waals surface area contributed by atoms with Gasteiger partial charge in [-0.3, -0.25) is 4.79 Å². The number of halogens is 3. The number of nitrogens with zero attached hydrogens (tertiary/aromatic N) is 1. The number of ether oxygens (including phenoxy) is 2. The minimum Gasteiger partial charge on any atom is -0.481 e. The van der Waals surface area contributed by atoms with Gasteiger partial charge in [0, 0.05) is 9.86 Å². The van der Waals surface area contributed by atoms with Crippen LogP contribution < -0.4 is 10.2 Å². The molecule has 0 atom stereocenters. The average molecular weight is 697 g/mol. The van der Waals surface area contributed by atoms with Gasteiger partial charge in [0.25, 0.3) is 0 Å². The molecule has 156 valence electrons. The first kappa shape index (κ1) is 23.0. The van der Waals surface area contributed by atoms with Gasteiger partial charge in [0.15, 0.2) is 12.4 Å². The highest BCUT2D eigenvalue weighted by atomic mass is 127. The number of carbonyl (C=O) groups excluding carboxylic acids is 2. The van der Waals surface area contributed by atoms with Crippen LogP contribution in [0, 0.1) is 7.14 Å². The van der Waals surface area contributed by atoms with Crippen molar-refractivity contribution >= 4 is 90.2 Å². The molecule has 0 bridgehead atoms. The lowest BCUT2D eigenvalue weighted by atomic mass is 10.2. The van der Waals surface area contributed by atoms with E-state index in [0.29, 0.717) is 17.9 Å². The van der Waals surface area contributed by atoms with Gasteiger partial charge in [-0.25, -0.2) is 10.2 Å². The standard InChI is InChI=1S/C20H15BrI2N2O5/c1-2-28-18(26)10-29-16-4-3-11(5-14(16)22)9-24-25-20(27)17-7-12-6-13(21)8-15(23)19(12)30-17/h3-9H,2,10H2,1H3,(H,25,27)/b24-9-. The largest absolute Gasteiger partial charge is 0.481 e. The maximum absolute atomic E-state index is 12.3. The zero-order valence-electron chi connectivity index (χ0n) is 15.6. The third-order valence-electron chi connectivity index (χ3n) is 3.75. The van der Waals surface area contributed by atoms with Crippen LogP contribution in [-0.4, -0.2) is 31.3 Å². The molecule has 0 aliphatic carbocycles. The molecule has 30 heavy (non-hydrogen) atoms. The lowest BCUT2D eigenvalue weighted by molar-refractivity contribution is -0.145. The number of esters is 1. The minimum atomic E-state index is -0.446. The summed E-state index contributed by atoms with van der Waals surface area (Å²) in [7, 11) is 0. The van der Waals surface area contributed by atoms with E-state index in [-0.39, 0.29) is 12.4 Å². The molecule has 1 aromatic heterocycles. The Bertz CT molecular complexity index is 1130. The summed E-state index contributed by atoms with van der Waals surface area (Å²) in [6, 6.07) is 10.8. The Hall–Kier alpha value is -1.67. The van der Waals surface area contributed by atoms with Crippen LogP contribution >= 0.6 is 61.1 Å². The van der Waals surface area contributed by atoms with Gasteiger partial charge in [-0.15, -0.1) is 0 Å².